The van der Waals surface area contributed by atoms with Gasteiger partial charge in [0.2, 0.25) is 0 Å². The van der Waals surface area contributed by atoms with Gasteiger partial charge < -0.3 is 9.13 Å². The summed E-state index contributed by atoms with van der Waals surface area (Å²) in [6, 6.07) is 79.8. The van der Waals surface area contributed by atoms with E-state index in [0.29, 0.717) is 0 Å². The second-order valence-corrected chi connectivity index (χ2v) is 25.2. The minimum absolute atomic E-state index is 0.189. The first-order chi connectivity index (χ1) is 42.2. The summed E-state index contributed by atoms with van der Waals surface area (Å²) in [5, 5.41) is 0. The topological polar surface area (TPSA) is 53.5 Å². The number of imidazole rings is 3. The Bertz CT molecular complexity index is 4260. The van der Waals surface area contributed by atoms with Crippen molar-refractivity contribution in [2.24, 2.45) is 0 Å². The van der Waals surface area contributed by atoms with Crippen LogP contribution in [0, 0.1) is 0 Å². The highest BCUT2D eigenvalue weighted by atomic mass is 15.1. The van der Waals surface area contributed by atoms with Crippen LogP contribution in [0.3, 0.4) is 0 Å². The maximum Gasteiger partial charge on any atom is 0.144 e. The highest BCUT2D eigenvalue weighted by Gasteiger charge is 2.38. The van der Waals surface area contributed by atoms with Gasteiger partial charge in [-0.25, -0.2) is 15.0 Å². The van der Waals surface area contributed by atoms with Crippen LogP contribution in [0.15, 0.2) is 249 Å². The average molecular weight is 1140 g/mol. The molecule has 0 aliphatic rings. The fraction of sp³-hybridized carbons (Fsp3) is 0.222. The molecule has 12 aromatic rings. The Hall–Kier alpha value is -9.39. The first kappa shape index (κ1) is 58.0. The lowest BCUT2D eigenvalue weighted by molar-refractivity contribution is 0.617. The first-order valence-electron chi connectivity index (χ1n) is 31.2. The molecule has 0 aliphatic heterocycles. The van der Waals surface area contributed by atoms with Gasteiger partial charge in [-0.2, -0.15) is 0 Å². The van der Waals surface area contributed by atoms with E-state index in [4.69, 9.17) is 15.0 Å². The van der Waals surface area contributed by atoms with Gasteiger partial charge in [-0.15, -0.1) is 0 Å². The molecule has 0 saturated heterocycles. The molecule has 1 unspecified atom stereocenters. The van der Waals surface area contributed by atoms with Crippen LogP contribution in [-0.2, 0) is 5.41 Å². The monoisotopic (exact) mass is 1140 g/mol. The molecule has 6 heteroatoms. The number of hydrogen-bond acceptors (Lipinski definition) is 3. The summed E-state index contributed by atoms with van der Waals surface area (Å²) >= 11 is 0. The Balaban J connectivity index is 1.09. The maximum atomic E-state index is 5.98. The molecule has 0 bridgehead atoms. The van der Waals surface area contributed by atoms with E-state index in [0.717, 1.165) is 51.1 Å². The fourth-order valence-corrected chi connectivity index (χ4v) is 13.1. The second-order valence-electron chi connectivity index (χ2n) is 25.2. The van der Waals surface area contributed by atoms with Crippen LogP contribution < -0.4 is 0 Å². The quantitative estimate of drug-likeness (QED) is 0.0860. The van der Waals surface area contributed by atoms with E-state index in [1.807, 2.05) is 12.4 Å². The molecule has 2 atom stereocenters. The molecule has 0 fully saturated rings. The lowest BCUT2D eigenvalue weighted by Crippen LogP contribution is -2.30. The third-order valence-corrected chi connectivity index (χ3v) is 17.8. The van der Waals surface area contributed by atoms with E-state index in [-0.39, 0.29) is 35.5 Å². The summed E-state index contributed by atoms with van der Waals surface area (Å²) in [6.45, 7) is 25.5. The van der Waals surface area contributed by atoms with Gasteiger partial charge in [-0.05, 0) is 157 Å². The summed E-state index contributed by atoms with van der Waals surface area (Å²) in [4.78, 5) is 16.8. The zero-order valence-corrected chi connectivity index (χ0v) is 52.3. The maximum absolute atomic E-state index is 5.98. The number of nitrogens with zero attached hydrogens (tertiary/aromatic N) is 6. The van der Waals surface area contributed by atoms with Crippen molar-refractivity contribution in [3.63, 3.8) is 0 Å². The van der Waals surface area contributed by atoms with Crippen molar-refractivity contribution in [3.05, 3.63) is 311 Å². The van der Waals surface area contributed by atoms with Gasteiger partial charge in [0.15, 0.2) is 0 Å². The number of aromatic nitrogens is 6. The summed E-state index contributed by atoms with van der Waals surface area (Å²) in [5.74, 6) is 3.46. The molecule has 3 aromatic heterocycles. The molecule has 9 aromatic carbocycles. The highest BCUT2D eigenvalue weighted by Crippen LogP contribution is 2.46. The summed E-state index contributed by atoms with van der Waals surface area (Å²) < 4.78 is 7.15. The van der Waals surface area contributed by atoms with Crippen LogP contribution in [0.2, 0.25) is 0 Å². The van der Waals surface area contributed by atoms with Crippen LogP contribution in [0.4, 0.5) is 0 Å². The number of hydrogen-bond donors (Lipinski definition) is 0. The summed E-state index contributed by atoms with van der Waals surface area (Å²) in [5.41, 5.74) is 21.6. The van der Waals surface area contributed by atoms with Gasteiger partial charge in [-0.1, -0.05) is 245 Å². The Morgan fingerprint density at radius 3 is 1.30 bits per heavy atom. The second kappa shape index (κ2) is 24.5. The Labute approximate surface area is 516 Å². The lowest BCUT2D eigenvalue weighted by Gasteiger charge is -2.33. The molecule has 87 heavy (non-hydrogen) atoms. The summed E-state index contributed by atoms with van der Waals surface area (Å²) in [7, 11) is 0. The Morgan fingerprint density at radius 1 is 0.356 bits per heavy atom. The van der Waals surface area contributed by atoms with Crippen molar-refractivity contribution in [2.45, 2.75) is 117 Å². The third-order valence-electron chi connectivity index (χ3n) is 17.8. The van der Waals surface area contributed by atoms with Crippen molar-refractivity contribution in [1.29, 1.82) is 0 Å². The Morgan fingerprint density at radius 2 is 0.782 bits per heavy atom. The van der Waals surface area contributed by atoms with E-state index in [1.165, 1.54) is 72.6 Å². The lowest BCUT2D eigenvalue weighted by atomic mass is 9.74. The van der Waals surface area contributed by atoms with E-state index in [1.54, 1.807) is 0 Å². The predicted molar refractivity (Wildman–Crippen MR) is 362 cm³/mol. The normalized spacial score (nSPS) is 12.9. The van der Waals surface area contributed by atoms with Crippen LogP contribution in [0.5, 0.6) is 0 Å². The van der Waals surface area contributed by atoms with Gasteiger partial charge in [0.25, 0.3) is 0 Å². The molecule has 434 valence electrons. The van der Waals surface area contributed by atoms with Gasteiger partial charge in [0.1, 0.15) is 17.5 Å². The molecule has 0 N–H and O–H groups in total. The minimum atomic E-state index is -0.738. The van der Waals surface area contributed by atoms with E-state index in [2.05, 4.69) is 327 Å². The molecule has 0 radical (unpaired) electrons. The molecule has 0 amide bonds. The fourth-order valence-electron chi connectivity index (χ4n) is 13.1. The average Bonchev–Trinajstić information content (AvgIpc) is 2.10. The molecule has 12 rings (SSSR count). The van der Waals surface area contributed by atoms with Gasteiger partial charge in [0, 0.05) is 36.5 Å². The molecule has 3 heterocycles. The zero-order chi connectivity index (χ0) is 60.5. The smallest absolute Gasteiger partial charge is 0.144 e. The van der Waals surface area contributed by atoms with Crippen LogP contribution in [-0.4, -0.2) is 28.7 Å². The largest absolute Gasteiger partial charge is 0.302 e. The zero-order valence-electron chi connectivity index (χ0n) is 52.3. The van der Waals surface area contributed by atoms with Crippen LogP contribution in [0.25, 0.3) is 61.8 Å². The number of benzene rings is 9. The van der Waals surface area contributed by atoms with Crippen molar-refractivity contribution in [2.75, 3.05) is 0 Å². The molecule has 0 aliphatic carbocycles. The van der Waals surface area contributed by atoms with E-state index >= 15 is 0 Å². The Kier molecular flexibility index (Phi) is 16.4. The molecule has 0 spiro atoms. The molecule has 0 saturated carbocycles. The van der Waals surface area contributed by atoms with Crippen molar-refractivity contribution >= 4 is 0 Å². The minimum Gasteiger partial charge on any atom is -0.302 e. The number of rotatable bonds is 18. The van der Waals surface area contributed by atoms with E-state index < -0.39 is 5.41 Å². The standard InChI is InChI=1S/C81H80N6/c1-53(2)68-47-62(58-28-17-12-18-29-58)40-41-74(68)87-52-73(75(61-34-23-15-24-35-61)79-82-42-44-85(79)76-69(54(3)4)48-64(49-70(76)55(5)6)59-30-19-13-20-31-59)84-78(87)63-36-27-39-67(46-63)81(11,66-37-25-16-26-38-66)80-83-43-45-86(80)77-71(56(7)8)50-65(51-72(77)57(9)10)60-32-21-14-22-33-60/h12-57,75H,1-11H3/t75-,81?/m1/s1. The molecular weight excluding hydrogens is 1060 g/mol. The molecule has 6 nitrogen and oxygen atoms in total. The third kappa shape index (κ3) is 11.1. The van der Waals surface area contributed by atoms with Crippen molar-refractivity contribution in [3.8, 4) is 61.8 Å². The molecular formula is C81H80N6. The SMILES string of the molecule is CC(C)c1cc(-c2ccccc2)ccc1-n1cc([C@@H](c2ccccc2)c2nccn2-c2c(C(C)C)cc(-c3ccccc3)cc2C(C)C)nc1-c1cccc(C(C)(c2ccccc2)c2nccn2-c2c(C(C)C)cc(-c3ccccc3)cc2C(C)C)c1. The van der Waals surface area contributed by atoms with Gasteiger partial charge in [0.05, 0.1) is 34.1 Å². The van der Waals surface area contributed by atoms with Gasteiger partial charge in [-0.3, -0.25) is 4.57 Å². The summed E-state index contributed by atoms with van der Waals surface area (Å²) in [6.07, 6.45) is 10.6. The van der Waals surface area contributed by atoms with Crippen LogP contribution >= 0.6 is 0 Å². The van der Waals surface area contributed by atoms with Crippen molar-refractivity contribution in [1.82, 2.24) is 28.7 Å². The highest BCUT2D eigenvalue weighted by molar-refractivity contribution is 5.73. The predicted octanol–water partition coefficient (Wildman–Crippen LogP) is 21.1. The van der Waals surface area contributed by atoms with Crippen LogP contribution in [0.1, 0.15) is 174 Å². The van der Waals surface area contributed by atoms with E-state index in [9.17, 15) is 0 Å². The van der Waals surface area contributed by atoms with Gasteiger partial charge >= 0.3 is 0 Å². The first-order valence-corrected chi connectivity index (χ1v) is 31.2. The van der Waals surface area contributed by atoms with Crippen molar-refractivity contribution < 1.29 is 0 Å².